The normalized spacial score (nSPS) is 21.7. The summed E-state index contributed by atoms with van der Waals surface area (Å²) < 4.78 is 0. The summed E-state index contributed by atoms with van der Waals surface area (Å²) in [4.78, 5) is 11.2. The summed E-state index contributed by atoms with van der Waals surface area (Å²) >= 11 is 1.41. The van der Waals surface area contributed by atoms with E-state index in [9.17, 15) is 4.79 Å². The maximum atomic E-state index is 11.2. The maximum Gasteiger partial charge on any atom is 0.252 e. The average molecular weight is 173 g/mol. The molecule has 0 bridgehead atoms. The van der Waals surface area contributed by atoms with Gasteiger partial charge in [-0.1, -0.05) is 11.8 Å². The minimum Gasteiger partial charge on any atom is -0.302 e. The largest absolute Gasteiger partial charge is 0.302 e. The van der Waals surface area contributed by atoms with E-state index in [1.807, 2.05) is 6.26 Å². The van der Waals surface area contributed by atoms with Crippen LogP contribution in [0.2, 0.25) is 0 Å². The van der Waals surface area contributed by atoms with Gasteiger partial charge in [0.15, 0.2) is 5.17 Å². The predicted molar refractivity (Wildman–Crippen MR) is 46.3 cm³/mol. The van der Waals surface area contributed by atoms with Crippen molar-refractivity contribution < 1.29 is 4.79 Å². The highest BCUT2D eigenvalue weighted by atomic mass is 32.2. The van der Waals surface area contributed by atoms with Gasteiger partial charge >= 0.3 is 0 Å². The van der Waals surface area contributed by atoms with Crippen molar-refractivity contribution in [3.63, 3.8) is 0 Å². The van der Waals surface area contributed by atoms with Crippen LogP contribution in [0, 0.1) is 0 Å². The lowest BCUT2D eigenvalue weighted by Gasteiger charge is -2.27. The van der Waals surface area contributed by atoms with Crippen LogP contribution in [0.4, 0.5) is 0 Å². The van der Waals surface area contributed by atoms with Crippen LogP contribution in [0.1, 0.15) is 13.8 Å². The Morgan fingerprint density at radius 1 is 1.55 bits per heavy atom. The first-order valence-electron chi connectivity index (χ1n) is 3.26. The number of hydrogen-bond donors (Lipinski definition) is 2. The number of rotatable bonds is 0. The fraction of sp³-hybridized carbons (Fsp3) is 0.667. The molecule has 0 aliphatic carbocycles. The van der Waals surface area contributed by atoms with E-state index in [0.717, 1.165) is 0 Å². The quantitative estimate of drug-likeness (QED) is 0.547. The van der Waals surface area contributed by atoms with Gasteiger partial charge in [-0.2, -0.15) is 5.10 Å². The molecule has 1 aliphatic rings. The van der Waals surface area contributed by atoms with Crippen molar-refractivity contribution in [3.05, 3.63) is 0 Å². The summed E-state index contributed by atoms with van der Waals surface area (Å²) in [5.74, 6) is -0.0446. The Balaban J connectivity index is 2.75. The van der Waals surface area contributed by atoms with Gasteiger partial charge in [0.2, 0.25) is 0 Å². The number of carbonyl (C=O) groups is 1. The zero-order valence-corrected chi connectivity index (χ0v) is 7.58. The van der Waals surface area contributed by atoms with E-state index in [1.54, 1.807) is 13.8 Å². The molecule has 0 aromatic heterocycles. The highest BCUT2D eigenvalue weighted by molar-refractivity contribution is 8.13. The summed E-state index contributed by atoms with van der Waals surface area (Å²) in [6.45, 7) is 3.56. The standard InChI is InChI=1S/C6H11N3OS/c1-6(2)4(10)7-5(11-3)8-9-6/h9H,1-3H3,(H,7,8,10). The molecule has 62 valence electrons. The van der Waals surface area contributed by atoms with Crippen molar-refractivity contribution in [2.75, 3.05) is 6.26 Å². The van der Waals surface area contributed by atoms with Crippen LogP contribution < -0.4 is 10.7 Å². The Labute approximate surface area is 69.8 Å². The molecule has 0 aromatic carbocycles. The first kappa shape index (κ1) is 8.39. The molecule has 0 aromatic rings. The number of amides is 1. The van der Waals surface area contributed by atoms with Crippen molar-refractivity contribution in [1.82, 2.24) is 10.7 Å². The SMILES string of the molecule is CSC1=NNC(C)(C)C(=O)N1. The van der Waals surface area contributed by atoms with Crippen molar-refractivity contribution in [2.24, 2.45) is 5.10 Å². The van der Waals surface area contributed by atoms with Crippen molar-refractivity contribution in [3.8, 4) is 0 Å². The van der Waals surface area contributed by atoms with Crippen LogP contribution in [0.5, 0.6) is 0 Å². The molecule has 5 heteroatoms. The molecule has 0 radical (unpaired) electrons. The van der Waals surface area contributed by atoms with Gasteiger partial charge in [-0.15, -0.1) is 0 Å². The van der Waals surface area contributed by atoms with E-state index in [2.05, 4.69) is 15.8 Å². The summed E-state index contributed by atoms with van der Waals surface area (Å²) in [7, 11) is 0. The molecule has 11 heavy (non-hydrogen) atoms. The Morgan fingerprint density at radius 3 is 2.64 bits per heavy atom. The maximum absolute atomic E-state index is 11.2. The third-order valence-electron chi connectivity index (χ3n) is 1.42. The molecule has 0 fully saturated rings. The van der Waals surface area contributed by atoms with Gasteiger partial charge in [-0.05, 0) is 20.1 Å². The van der Waals surface area contributed by atoms with E-state index in [1.165, 1.54) is 11.8 Å². The Hall–Kier alpha value is -0.710. The lowest BCUT2D eigenvalue weighted by atomic mass is 10.1. The van der Waals surface area contributed by atoms with Gasteiger partial charge < -0.3 is 5.32 Å². The van der Waals surface area contributed by atoms with Crippen LogP contribution >= 0.6 is 11.8 Å². The molecule has 1 amide bonds. The Morgan fingerprint density at radius 2 is 2.18 bits per heavy atom. The highest BCUT2D eigenvalue weighted by Gasteiger charge is 2.31. The zero-order chi connectivity index (χ0) is 8.48. The van der Waals surface area contributed by atoms with E-state index in [-0.39, 0.29) is 5.91 Å². The van der Waals surface area contributed by atoms with Crippen LogP contribution in [0.15, 0.2) is 5.10 Å². The molecule has 2 N–H and O–H groups in total. The minimum absolute atomic E-state index is 0.0446. The van der Waals surface area contributed by atoms with Crippen LogP contribution in [0.25, 0.3) is 0 Å². The lowest BCUT2D eigenvalue weighted by molar-refractivity contribution is -0.125. The second-order valence-corrected chi connectivity index (χ2v) is 3.61. The summed E-state index contributed by atoms with van der Waals surface area (Å²) in [6.07, 6.45) is 1.86. The highest BCUT2D eigenvalue weighted by Crippen LogP contribution is 2.08. The lowest BCUT2D eigenvalue weighted by Crippen LogP contribution is -2.56. The topological polar surface area (TPSA) is 53.5 Å². The summed E-state index contributed by atoms with van der Waals surface area (Å²) in [6, 6.07) is 0. The molecule has 0 unspecified atom stereocenters. The van der Waals surface area contributed by atoms with Crippen molar-refractivity contribution in [1.29, 1.82) is 0 Å². The third-order valence-corrected chi connectivity index (χ3v) is 2.00. The average Bonchev–Trinajstić information content (AvgIpc) is 1.95. The third kappa shape index (κ3) is 1.65. The van der Waals surface area contributed by atoms with Gasteiger partial charge in [0.05, 0.1) is 0 Å². The molecular formula is C6H11N3OS. The number of nitrogens with one attached hydrogen (secondary N) is 2. The summed E-state index contributed by atoms with van der Waals surface area (Å²) in [5, 5.41) is 7.24. The first-order chi connectivity index (χ1) is 5.06. The number of thioether (sulfide) groups is 1. The van der Waals surface area contributed by atoms with E-state index in [4.69, 9.17) is 0 Å². The Kier molecular flexibility index (Phi) is 2.08. The second kappa shape index (κ2) is 2.73. The zero-order valence-electron chi connectivity index (χ0n) is 6.76. The molecule has 0 saturated heterocycles. The number of hydrogen-bond acceptors (Lipinski definition) is 4. The molecule has 1 aliphatic heterocycles. The van der Waals surface area contributed by atoms with E-state index < -0.39 is 5.54 Å². The molecule has 1 rings (SSSR count). The van der Waals surface area contributed by atoms with Crippen LogP contribution in [0.3, 0.4) is 0 Å². The Bertz CT molecular complexity index is 212. The second-order valence-electron chi connectivity index (χ2n) is 2.81. The smallest absolute Gasteiger partial charge is 0.252 e. The molecule has 4 nitrogen and oxygen atoms in total. The predicted octanol–water partition coefficient (Wildman–Crippen LogP) is 0.118. The van der Waals surface area contributed by atoms with E-state index in [0.29, 0.717) is 5.17 Å². The number of carbonyl (C=O) groups excluding carboxylic acids is 1. The number of amidine groups is 1. The molecule has 0 saturated carbocycles. The van der Waals surface area contributed by atoms with Gasteiger partial charge in [-0.3, -0.25) is 10.2 Å². The fourth-order valence-corrected chi connectivity index (χ4v) is 0.951. The first-order valence-corrected chi connectivity index (χ1v) is 4.49. The molecular weight excluding hydrogens is 162 g/mol. The molecule has 0 atom stereocenters. The summed E-state index contributed by atoms with van der Waals surface area (Å²) in [5.41, 5.74) is 2.18. The minimum atomic E-state index is -0.584. The molecule has 0 spiro atoms. The van der Waals surface area contributed by atoms with Crippen LogP contribution in [-0.2, 0) is 4.79 Å². The monoisotopic (exact) mass is 173 g/mol. The number of nitrogens with zero attached hydrogens (tertiary/aromatic N) is 1. The van der Waals surface area contributed by atoms with Crippen molar-refractivity contribution >= 4 is 22.8 Å². The van der Waals surface area contributed by atoms with Crippen LogP contribution in [-0.4, -0.2) is 22.9 Å². The number of hydrazone groups is 1. The van der Waals surface area contributed by atoms with Gasteiger partial charge in [0.25, 0.3) is 5.91 Å². The van der Waals surface area contributed by atoms with Crippen molar-refractivity contribution in [2.45, 2.75) is 19.4 Å². The molecule has 1 heterocycles. The van der Waals surface area contributed by atoms with Gasteiger partial charge in [0, 0.05) is 0 Å². The fourth-order valence-electron chi connectivity index (χ4n) is 0.619. The van der Waals surface area contributed by atoms with Gasteiger partial charge in [-0.25, -0.2) is 0 Å². The van der Waals surface area contributed by atoms with Gasteiger partial charge in [0.1, 0.15) is 5.54 Å². The van der Waals surface area contributed by atoms with E-state index >= 15 is 0 Å².